The molecule has 2 saturated heterocycles. The van der Waals surface area contributed by atoms with Gasteiger partial charge in [-0.3, -0.25) is 0 Å². The smallest absolute Gasteiger partial charge is 0.134 e. The van der Waals surface area contributed by atoms with Crippen molar-refractivity contribution in [3.05, 3.63) is 21.7 Å². The lowest BCUT2D eigenvalue weighted by Gasteiger charge is -2.18. The molecule has 3 nitrogen and oxygen atoms in total. The Labute approximate surface area is 109 Å². The molecule has 0 radical (unpaired) electrons. The van der Waals surface area contributed by atoms with Crippen molar-refractivity contribution in [2.24, 2.45) is 0 Å². The van der Waals surface area contributed by atoms with Gasteiger partial charge in [0, 0.05) is 28.7 Å². The normalized spacial score (nSPS) is 34.2. The number of ether oxygens (including phenoxy) is 1. The fourth-order valence-corrected chi connectivity index (χ4v) is 4.65. The third-order valence-electron chi connectivity index (χ3n) is 4.07. The highest BCUT2D eigenvalue weighted by atomic mass is 32.2. The highest BCUT2D eigenvalue weighted by Crippen LogP contribution is 2.43. The molecule has 0 saturated carbocycles. The minimum Gasteiger partial charge on any atom is -0.374 e. The molecule has 90 valence electrons. The van der Waals surface area contributed by atoms with Gasteiger partial charge in [-0.25, -0.2) is 4.98 Å². The van der Waals surface area contributed by atoms with E-state index >= 15 is 0 Å². The molecule has 17 heavy (non-hydrogen) atoms. The van der Waals surface area contributed by atoms with Crippen LogP contribution in [0.25, 0.3) is 0 Å². The van der Waals surface area contributed by atoms with Crippen LogP contribution in [0.5, 0.6) is 0 Å². The molecule has 2 bridgehead atoms. The maximum absolute atomic E-state index is 5.90. The fraction of sp³-hybridized carbons (Fsp3) is 0.667. The van der Waals surface area contributed by atoms with E-state index in [0.717, 1.165) is 28.4 Å². The van der Waals surface area contributed by atoms with Crippen LogP contribution < -0.4 is 0 Å². The third kappa shape index (κ3) is 1.59. The second-order valence-electron chi connectivity index (χ2n) is 5.09. The van der Waals surface area contributed by atoms with Gasteiger partial charge in [0.1, 0.15) is 10.5 Å². The van der Waals surface area contributed by atoms with Crippen molar-refractivity contribution in [2.75, 3.05) is 0 Å². The largest absolute Gasteiger partial charge is 0.374 e. The van der Waals surface area contributed by atoms with Gasteiger partial charge in [-0.05, 0) is 19.3 Å². The number of thioether (sulfide) groups is 1. The van der Waals surface area contributed by atoms with Crippen molar-refractivity contribution >= 4 is 24.0 Å². The maximum Gasteiger partial charge on any atom is 0.134 e. The summed E-state index contributed by atoms with van der Waals surface area (Å²) in [5, 5.41) is 0. The zero-order valence-corrected chi connectivity index (χ0v) is 11.1. The summed E-state index contributed by atoms with van der Waals surface area (Å²) in [6.45, 7) is 0. The van der Waals surface area contributed by atoms with Crippen molar-refractivity contribution in [1.82, 2.24) is 9.97 Å². The SMILES string of the molecule is S=c1nc(C2CC3CCC2O3)[nH]c2c1CSC2. The van der Waals surface area contributed by atoms with Crippen LogP contribution in [0.1, 0.15) is 42.3 Å². The molecule has 2 fully saturated rings. The summed E-state index contributed by atoms with van der Waals surface area (Å²) in [5.41, 5.74) is 2.55. The predicted molar refractivity (Wildman–Crippen MR) is 69.7 cm³/mol. The van der Waals surface area contributed by atoms with Gasteiger partial charge >= 0.3 is 0 Å². The molecule has 1 aromatic rings. The van der Waals surface area contributed by atoms with Crippen LogP contribution in [0.2, 0.25) is 0 Å². The van der Waals surface area contributed by atoms with Gasteiger partial charge in [-0.2, -0.15) is 11.8 Å². The Bertz CT molecular complexity index is 528. The van der Waals surface area contributed by atoms with E-state index in [1.807, 2.05) is 11.8 Å². The Morgan fingerprint density at radius 1 is 1.35 bits per heavy atom. The predicted octanol–water partition coefficient (Wildman–Crippen LogP) is 2.92. The number of fused-ring (bicyclic) bond motifs is 3. The molecular formula is C12H14N2OS2. The van der Waals surface area contributed by atoms with Gasteiger partial charge in [0.05, 0.1) is 12.2 Å². The van der Waals surface area contributed by atoms with E-state index < -0.39 is 0 Å². The molecule has 0 aromatic carbocycles. The standard InChI is InChI=1S/C12H14N2OS2/c16-12-8-4-17-5-9(8)13-11(14-12)7-3-6-1-2-10(7)15-6/h6-7,10H,1-5H2,(H,13,14,16). The van der Waals surface area contributed by atoms with E-state index in [9.17, 15) is 0 Å². The maximum atomic E-state index is 5.90. The molecule has 3 aliphatic heterocycles. The summed E-state index contributed by atoms with van der Waals surface area (Å²) in [6.07, 6.45) is 4.38. The summed E-state index contributed by atoms with van der Waals surface area (Å²) in [4.78, 5) is 8.13. The fourth-order valence-electron chi connectivity index (χ4n) is 3.19. The van der Waals surface area contributed by atoms with Crippen molar-refractivity contribution in [2.45, 2.75) is 48.9 Å². The minimum absolute atomic E-state index is 0.380. The van der Waals surface area contributed by atoms with E-state index in [1.165, 1.54) is 24.1 Å². The molecule has 1 aromatic heterocycles. The van der Waals surface area contributed by atoms with E-state index in [1.54, 1.807) is 0 Å². The van der Waals surface area contributed by atoms with Crippen molar-refractivity contribution < 1.29 is 4.74 Å². The molecule has 0 amide bonds. The molecule has 3 atom stereocenters. The summed E-state index contributed by atoms with van der Waals surface area (Å²) in [6, 6.07) is 0. The second-order valence-corrected chi connectivity index (χ2v) is 6.47. The highest BCUT2D eigenvalue weighted by molar-refractivity contribution is 7.98. The van der Waals surface area contributed by atoms with Crippen LogP contribution in [0, 0.1) is 4.64 Å². The van der Waals surface area contributed by atoms with Gasteiger partial charge in [0.2, 0.25) is 0 Å². The molecule has 0 aliphatic carbocycles. The summed E-state index contributed by atoms with van der Waals surface area (Å²) < 4.78 is 6.71. The average Bonchev–Trinajstić information content (AvgIpc) is 3.04. The quantitative estimate of drug-likeness (QED) is 0.793. The Morgan fingerprint density at radius 3 is 3.06 bits per heavy atom. The average molecular weight is 266 g/mol. The molecule has 3 unspecified atom stereocenters. The second kappa shape index (κ2) is 3.80. The molecule has 0 spiro atoms. The van der Waals surface area contributed by atoms with Crippen LogP contribution in [-0.4, -0.2) is 22.2 Å². The van der Waals surface area contributed by atoms with Gasteiger partial charge < -0.3 is 9.72 Å². The molecule has 3 aliphatic rings. The number of aromatic amines is 1. The highest BCUT2D eigenvalue weighted by Gasteiger charge is 2.42. The zero-order valence-electron chi connectivity index (χ0n) is 9.44. The number of hydrogen-bond donors (Lipinski definition) is 1. The minimum atomic E-state index is 0.380. The number of H-pyrrole nitrogens is 1. The van der Waals surface area contributed by atoms with E-state index in [0.29, 0.717) is 18.1 Å². The molecular weight excluding hydrogens is 252 g/mol. The Hall–Kier alpha value is -0.390. The van der Waals surface area contributed by atoms with E-state index in [-0.39, 0.29) is 0 Å². The van der Waals surface area contributed by atoms with Gasteiger partial charge in [-0.15, -0.1) is 0 Å². The van der Waals surface area contributed by atoms with Crippen LogP contribution in [-0.2, 0) is 16.2 Å². The third-order valence-corrected chi connectivity index (χ3v) is 5.40. The van der Waals surface area contributed by atoms with Crippen LogP contribution in [0.3, 0.4) is 0 Å². The van der Waals surface area contributed by atoms with E-state index in [4.69, 9.17) is 17.0 Å². The van der Waals surface area contributed by atoms with Gasteiger partial charge in [0.25, 0.3) is 0 Å². The first-order valence-corrected chi connectivity index (χ1v) is 7.73. The topological polar surface area (TPSA) is 37.9 Å². The van der Waals surface area contributed by atoms with Crippen LogP contribution in [0.15, 0.2) is 0 Å². The van der Waals surface area contributed by atoms with E-state index in [2.05, 4.69) is 9.97 Å². The first-order valence-electron chi connectivity index (χ1n) is 6.16. The van der Waals surface area contributed by atoms with Crippen molar-refractivity contribution in [3.8, 4) is 0 Å². The Kier molecular flexibility index (Phi) is 2.35. The molecule has 4 rings (SSSR count). The zero-order chi connectivity index (χ0) is 11.4. The van der Waals surface area contributed by atoms with Crippen molar-refractivity contribution in [1.29, 1.82) is 0 Å². The van der Waals surface area contributed by atoms with Gasteiger partial charge in [-0.1, -0.05) is 12.2 Å². The number of nitrogens with one attached hydrogen (secondary N) is 1. The lowest BCUT2D eigenvalue weighted by Crippen LogP contribution is -2.18. The Balaban J connectivity index is 1.75. The lowest BCUT2D eigenvalue weighted by molar-refractivity contribution is 0.0998. The van der Waals surface area contributed by atoms with Gasteiger partial charge in [0.15, 0.2) is 0 Å². The lowest BCUT2D eigenvalue weighted by atomic mass is 9.88. The van der Waals surface area contributed by atoms with Crippen LogP contribution >= 0.6 is 24.0 Å². The monoisotopic (exact) mass is 266 g/mol. The summed E-state index contributed by atoms with van der Waals surface area (Å²) >= 11 is 7.32. The molecule has 1 N–H and O–H groups in total. The molecule has 5 heteroatoms. The number of rotatable bonds is 1. The van der Waals surface area contributed by atoms with Crippen molar-refractivity contribution in [3.63, 3.8) is 0 Å². The van der Waals surface area contributed by atoms with Crippen LogP contribution in [0.4, 0.5) is 0 Å². The first kappa shape index (κ1) is 10.5. The Morgan fingerprint density at radius 2 is 2.29 bits per heavy atom. The first-order chi connectivity index (χ1) is 8.31. The number of hydrogen-bond acceptors (Lipinski definition) is 4. The number of nitrogens with zero attached hydrogens (tertiary/aromatic N) is 1. The summed E-state index contributed by atoms with van der Waals surface area (Å²) in [5.74, 6) is 3.59. The molecule has 4 heterocycles. The number of aromatic nitrogens is 2. The summed E-state index contributed by atoms with van der Waals surface area (Å²) in [7, 11) is 0.